The number of nitrogens with zero attached hydrogens (tertiary/aromatic N) is 1. The van der Waals surface area contributed by atoms with Crippen LogP contribution in [0.4, 0.5) is 0 Å². The number of rotatable bonds is 7. The molecule has 1 rings (SSSR count). The first-order chi connectivity index (χ1) is 10.2. The minimum Gasteiger partial charge on any atom is -0.480 e. The molecule has 22 heavy (non-hydrogen) atoms. The maximum atomic E-state index is 12.3. The van der Waals surface area contributed by atoms with E-state index in [2.05, 4.69) is 5.32 Å². The van der Waals surface area contributed by atoms with Crippen molar-refractivity contribution in [3.63, 3.8) is 0 Å². The van der Waals surface area contributed by atoms with Crippen LogP contribution in [-0.4, -0.2) is 54.6 Å². The van der Waals surface area contributed by atoms with Gasteiger partial charge in [-0.3, -0.25) is 4.79 Å². The van der Waals surface area contributed by atoms with Gasteiger partial charge in [0.15, 0.2) is 0 Å². The fourth-order valence-corrected chi connectivity index (χ4v) is 3.75. The Morgan fingerprint density at radius 1 is 1.36 bits per heavy atom. The Hall–Kier alpha value is -1.15. The van der Waals surface area contributed by atoms with Crippen molar-refractivity contribution in [3.8, 4) is 0 Å². The van der Waals surface area contributed by atoms with Crippen LogP contribution in [0.1, 0.15) is 40.0 Å². The Morgan fingerprint density at radius 3 is 2.50 bits per heavy atom. The molecule has 7 nitrogen and oxygen atoms in total. The predicted octanol–water partition coefficient (Wildman–Crippen LogP) is 0.664. The highest BCUT2D eigenvalue weighted by Gasteiger charge is 2.33. The molecule has 0 saturated carbocycles. The molecule has 0 aliphatic carbocycles. The monoisotopic (exact) mass is 334 g/mol. The Morgan fingerprint density at radius 2 is 2.00 bits per heavy atom. The van der Waals surface area contributed by atoms with E-state index in [0.717, 1.165) is 0 Å². The number of piperidine rings is 1. The van der Waals surface area contributed by atoms with Crippen LogP contribution < -0.4 is 5.32 Å². The molecule has 0 radical (unpaired) electrons. The molecule has 128 valence electrons. The molecule has 2 atom stereocenters. The van der Waals surface area contributed by atoms with E-state index in [1.165, 1.54) is 4.31 Å². The van der Waals surface area contributed by atoms with Gasteiger partial charge in [-0.1, -0.05) is 13.8 Å². The SMILES string of the molecule is CCS(=O)(=O)N1CCCC(C(=O)NC(CC(C)C)C(=O)O)C1. The predicted molar refractivity (Wildman–Crippen MR) is 82.8 cm³/mol. The molecule has 0 bridgehead atoms. The smallest absolute Gasteiger partial charge is 0.326 e. The number of hydrogen-bond acceptors (Lipinski definition) is 4. The Balaban J connectivity index is 2.70. The van der Waals surface area contributed by atoms with Gasteiger partial charge in [0.2, 0.25) is 15.9 Å². The number of amides is 1. The largest absolute Gasteiger partial charge is 0.480 e. The van der Waals surface area contributed by atoms with Gasteiger partial charge in [-0.15, -0.1) is 0 Å². The Bertz CT molecular complexity index is 503. The number of nitrogens with one attached hydrogen (secondary N) is 1. The van der Waals surface area contributed by atoms with E-state index in [4.69, 9.17) is 5.11 Å². The lowest BCUT2D eigenvalue weighted by atomic mass is 9.97. The van der Waals surface area contributed by atoms with Crippen LogP contribution >= 0.6 is 0 Å². The number of carboxylic acid groups (broad SMARTS) is 1. The second-order valence-corrected chi connectivity index (χ2v) is 8.38. The molecule has 1 aliphatic rings. The number of sulfonamides is 1. The zero-order chi connectivity index (χ0) is 16.9. The first-order valence-corrected chi connectivity index (χ1v) is 9.29. The van der Waals surface area contributed by atoms with Gasteiger partial charge in [-0.2, -0.15) is 0 Å². The third-order valence-electron chi connectivity index (χ3n) is 3.83. The van der Waals surface area contributed by atoms with E-state index >= 15 is 0 Å². The number of carbonyl (C=O) groups excluding carboxylic acids is 1. The molecule has 1 amide bonds. The third kappa shape index (κ3) is 5.24. The van der Waals surface area contributed by atoms with Crippen LogP contribution in [0.15, 0.2) is 0 Å². The van der Waals surface area contributed by atoms with Crippen molar-refractivity contribution < 1.29 is 23.1 Å². The van der Waals surface area contributed by atoms with Gasteiger partial charge in [0.1, 0.15) is 6.04 Å². The summed E-state index contributed by atoms with van der Waals surface area (Å²) in [5, 5.41) is 11.7. The second kappa shape index (κ2) is 7.92. The molecule has 1 aliphatic heterocycles. The van der Waals surface area contributed by atoms with Gasteiger partial charge >= 0.3 is 5.97 Å². The van der Waals surface area contributed by atoms with Crippen molar-refractivity contribution in [2.24, 2.45) is 11.8 Å². The van der Waals surface area contributed by atoms with Crippen LogP contribution in [-0.2, 0) is 19.6 Å². The van der Waals surface area contributed by atoms with E-state index < -0.39 is 28.0 Å². The molecule has 1 fully saturated rings. The van der Waals surface area contributed by atoms with Gasteiger partial charge in [-0.05, 0) is 32.1 Å². The maximum absolute atomic E-state index is 12.3. The van der Waals surface area contributed by atoms with Gasteiger partial charge in [0, 0.05) is 13.1 Å². The third-order valence-corrected chi connectivity index (χ3v) is 5.68. The molecule has 2 unspecified atom stereocenters. The molecular weight excluding hydrogens is 308 g/mol. The highest BCUT2D eigenvalue weighted by Crippen LogP contribution is 2.20. The zero-order valence-corrected chi connectivity index (χ0v) is 14.2. The molecule has 1 heterocycles. The van der Waals surface area contributed by atoms with E-state index in [9.17, 15) is 18.0 Å². The molecule has 0 aromatic rings. The van der Waals surface area contributed by atoms with Crippen LogP contribution in [0, 0.1) is 11.8 Å². The number of hydrogen-bond donors (Lipinski definition) is 2. The minimum absolute atomic E-state index is 0.00639. The van der Waals surface area contributed by atoms with Crippen molar-refractivity contribution in [1.82, 2.24) is 9.62 Å². The molecule has 8 heteroatoms. The highest BCUT2D eigenvalue weighted by atomic mass is 32.2. The van der Waals surface area contributed by atoms with Gasteiger partial charge in [0.05, 0.1) is 11.7 Å². The lowest BCUT2D eigenvalue weighted by Crippen LogP contribution is -2.49. The summed E-state index contributed by atoms with van der Waals surface area (Å²) in [6.45, 7) is 5.91. The number of carboxylic acids is 1. The first kappa shape index (κ1) is 18.9. The fourth-order valence-electron chi connectivity index (χ4n) is 2.57. The summed E-state index contributed by atoms with van der Waals surface area (Å²) in [5.41, 5.74) is 0. The minimum atomic E-state index is -3.31. The molecule has 0 spiro atoms. The standard InChI is InChI=1S/C14H26N2O5S/c1-4-22(20,21)16-7-5-6-11(9-16)13(17)15-12(14(18)19)8-10(2)3/h10-12H,4-9H2,1-3H3,(H,15,17)(H,18,19). The van der Waals surface area contributed by atoms with E-state index in [1.54, 1.807) is 6.92 Å². The molecule has 0 aromatic carbocycles. The molecule has 0 aromatic heterocycles. The second-order valence-electron chi connectivity index (χ2n) is 6.13. The van der Waals surface area contributed by atoms with Gasteiger partial charge in [0.25, 0.3) is 0 Å². The van der Waals surface area contributed by atoms with E-state index in [-0.39, 0.29) is 24.1 Å². The highest BCUT2D eigenvalue weighted by molar-refractivity contribution is 7.89. The summed E-state index contributed by atoms with van der Waals surface area (Å²) in [7, 11) is -3.31. The zero-order valence-electron chi connectivity index (χ0n) is 13.4. The lowest BCUT2D eigenvalue weighted by Gasteiger charge is -2.31. The van der Waals surface area contributed by atoms with Crippen LogP contribution in [0.3, 0.4) is 0 Å². The van der Waals surface area contributed by atoms with Crippen molar-refractivity contribution in [1.29, 1.82) is 0 Å². The summed E-state index contributed by atoms with van der Waals surface area (Å²) < 4.78 is 25.1. The van der Waals surface area contributed by atoms with Crippen LogP contribution in [0.25, 0.3) is 0 Å². The lowest BCUT2D eigenvalue weighted by molar-refractivity contribution is -0.143. The topological polar surface area (TPSA) is 104 Å². The quantitative estimate of drug-likeness (QED) is 0.712. The average Bonchev–Trinajstić information content (AvgIpc) is 2.46. The van der Waals surface area contributed by atoms with Crippen LogP contribution in [0.2, 0.25) is 0 Å². The Kier molecular flexibility index (Phi) is 6.80. The average molecular weight is 334 g/mol. The van der Waals surface area contributed by atoms with Gasteiger partial charge in [-0.25, -0.2) is 17.5 Å². The van der Waals surface area contributed by atoms with E-state index in [0.29, 0.717) is 25.8 Å². The molecular formula is C14H26N2O5S. The summed E-state index contributed by atoms with van der Waals surface area (Å²) in [5.74, 6) is -1.76. The normalized spacial score (nSPS) is 21.5. The summed E-state index contributed by atoms with van der Waals surface area (Å²) in [4.78, 5) is 23.5. The summed E-state index contributed by atoms with van der Waals surface area (Å²) >= 11 is 0. The number of carbonyl (C=O) groups is 2. The first-order valence-electron chi connectivity index (χ1n) is 7.68. The van der Waals surface area contributed by atoms with Crippen molar-refractivity contribution >= 4 is 21.9 Å². The van der Waals surface area contributed by atoms with E-state index in [1.807, 2.05) is 13.8 Å². The fraction of sp³-hybridized carbons (Fsp3) is 0.857. The maximum Gasteiger partial charge on any atom is 0.326 e. The van der Waals surface area contributed by atoms with Crippen molar-refractivity contribution in [2.45, 2.75) is 46.1 Å². The van der Waals surface area contributed by atoms with Gasteiger partial charge < -0.3 is 10.4 Å². The Labute approximate surface area is 132 Å². The van der Waals surface area contributed by atoms with Crippen molar-refractivity contribution in [3.05, 3.63) is 0 Å². The summed E-state index contributed by atoms with van der Waals surface area (Å²) in [6, 6.07) is -0.925. The summed E-state index contributed by atoms with van der Waals surface area (Å²) in [6.07, 6.45) is 1.54. The van der Waals surface area contributed by atoms with Crippen LogP contribution in [0.5, 0.6) is 0 Å². The molecule has 1 saturated heterocycles. The number of aliphatic carboxylic acids is 1. The van der Waals surface area contributed by atoms with Crippen molar-refractivity contribution in [2.75, 3.05) is 18.8 Å². The molecule has 2 N–H and O–H groups in total.